The predicted octanol–water partition coefficient (Wildman–Crippen LogP) is 4.00. The summed E-state index contributed by atoms with van der Waals surface area (Å²) < 4.78 is 16.0. The number of rotatable bonds is 3. The lowest BCUT2D eigenvalue weighted by Crippen LogP contribution is -2.06. The number of benzene rings is 2. The van der Waals surface area contributed by atoms with Crippen molar-refractivity contribution in [3.05, 3.63) is 82.3 Å². The third kappa shape index (κ3) is 2.78. The highest BCUT2D eigenvalue weighted by Crippen LogP contribution is 2.18. The molecule has 0 saturated carbocycles. The molecule has 1 heterocycles. The zero-order chi connectivity index (χ0) is 14.8. The number of para-hydroxylation sites is 1. The van der Waals surface area contributed by atoms with Crippen molar-refractivity contribution in [2.45, 2.75) is 0 Å². The van der Waals surface area contributed by atoms with Gasteiger partial charge in [-0.05, 0) is 36.4 Å². The van der Waals surface area contributed by atoms with E-state index in [1.165, 1.54) is 12.1 Å². The Hall–Kier alpha value is -2.27. The predicted molar refractivity (Wildman–Crippen MR) is 81.1 cm³/mol. The van der Waals surface area contributed by atoms with Crippen LogP contribution in [0.4, 0.5) is 4.39 Å². The fraction of sp³-hybridized carbons (Fsp3) is 0. The minimum Gasteiger partial charge on any atom is -0.287 e. The lowest BCUT2D eigenvalue weighted by Gasteiger charge is -2.02. The molecule has 3 nitrogen and oxygen atoms in total. The maximum absolute atomic E-state index is 13.8. The summed E-state index contributed by atoms with van der Waals surface area (Å²) in [6, 6.07) is 15.3. The third-order valence-corrected chi connectivity index (χ3v) is 3.51. The fourth-order valence-corrected chi connectivity index (χ4v) is 2.34. The average Bonchev–Trinajstić information content (AvgIpc) is 3.00. The van der Waals surface area contributed by atoms with Gasteiger partial charge in [-0.2, -0.15) is 5.10 Å². The summed E-state index contributed by atoms with van der Waals surface area (Å²) in [5.41, 5.74) is 1.05. The number of hydrogen-bond donors (Lipinski definition) is 0. The molecule has 21 heavy (non-hydrogen) atoms. The van der Waals surface area contributed by atoms with E-state index in [1.807, 2.05) is 30.3 Å². The van der Waals surface area contributed by atoms with Crippen molar-refractivity contribution >= 4 is 21.7 Å². The molecule has 0 fully saturated rings. The first-order valence-corrected chi connectivity index (χ1v) is 7.05. The molecule has 0 aliphatic carbocycles. The number of hydrogen-bond acceptors (Lipinski definition) is 2. The molecule has 0 spiro atoms. The van der Waals surface area contributed by atoms with Crippen LogP contribution in [0.3, 0.4) is 0 Å². The van der Waals surface area contributed by atoms with Crippen molar-refractivity contribution in [2.75, 3.05) is 0 Å². The Morgan fingerprint density at radius 2 is 1.86 bits per heavy atom. The van der Waals surface area contributed by atoms with Crippen LogP contribution in [0.25, 0.3) is 5.69 Å². The minimum absolute atomic E-state index is 0.00249. The van der Waals surface area contributed by atoms with Crippen molar-refractivity contribution < 1.29 is 9.18 Å². The molecular formula is C16H10BrFN2O. The molecule has 0 amide bonds. The van der Waals surface area contributed by atoms with Crippen LogP contribution in [-0.4, -0.2) is 15.6 Å². The zero-order valence-corrected chi connectivity index (χ0v) is 12.4. The van der Waals surface area contributed by atoms with Crippen LogP contribution in [-0.2, 0) is 0 Å². The van der Waals surface area contributed by atoms with E-state index in [0.29, 0.717) is 4.47 Å². The second-order valence-corrected chi connectivity index (χ2v) is 5.35. The summed E-state index contributed by atoms with van der Waals surface area (Å²) in [7, 11) is 0. The van der Waals surface area contributed by atoms with Gasteiger partial charge >= 0.3 is 0 Å². The first-order chi connectivity index (χ1) is 10.1. The van der Waals surface area contributed by atoms with Gasteiger partial charge in [0.2, 0.25) is 5.78 Å². The van der Waals surface area contributed by atoms with Gasteiger partial charge in [0.15, 0.2) is 0 Å². The van der Waals surface area contributed by atoms with Crippen molar-refractivity contribution in [3.63, 3.8) is 0 Å². The maximum Gasteiger partial charge on any atom is 0.216 e. The summed E-state index contributed by atoms with van der Waals surface area (Å²) in [5, 5.41) is 4.21. The Morgan fingerprint density at radius 1 is 1.10 bits per heavy atom. The molecule has 1 aromatic heterocycles. The molecular weight excluding hydrogens is 335 g/mol. The number of ketones is 1. The van der Waals surface area contributed by atoms with Crippen LogP contribution in [0.15, 0.2) is 65.3 Å². The summed E-state index contributed by atoms with van der Waals surface area (Å²) in [5.74, 6) is -0.999. The smallest absolute Gasteiger partial charge is 0.216 e. The Kier molecular flexibility index (Phi) is 3.66. The summed E-state index contributed by atoms with van der Waals surface area (Å²) in [6.45, 7) is 0. The average molecular weight is 345 g/mol. The molecule has 0 atom stereocenters. The van der Waals surface area contributed by atoms with Gasteiger partial charge in [-0.15, -0.1) is 0 Å². The van der Waals surface area contributed by atoms with Crippen LogP contribution in [0.2, 0.25) is 0 Å². The molecule has 0 unspecified atom stereocenters. The van der Waals surface area contributed by atoms with E-state index in [2.05, 4.69) is 21.0 Å². The van der Waals surface area contributed by atoms with E-state index in [9.17, 15) is 9.18 Å². The Bertz CT molecular complexity index is 799. The van der Waals surface area contributed by atoms with E-state index < -0.39 is 11.6 Å². The second kappa shape index (κ2) is 5.61. The highest BCUT2D eigenvalue weighted by Gasteiger charge is 2.17. The molecule has 0 saturated heterocycles. The molecule has 5 heteroatoms. The van der Waals surface area contributed by atoms with Crippen LogP contribution in [0.1, 0.15) is 16.1 Å². The normalized spacial score (nSPS) is 10.6. The van der Waals surface area contributed by atoms with E-state index >= 15 is 0 Å². The molecule has 3 aromatic rings. The lowest BCUT2D eigenvalue weighted by molar-refractivity contribution is 0.103. The van der Waals surface area contributed by atoms with Gasteiger partial charge in [-0.1, -0.05) is 34.1 Å². The summed E-state index contributed by atoms with van der Waals surface area (Å²) in [6.07, 6.45) is 1.68. The second-order valence-electron chi connectivity index (χ2n) is 4.43. The van der Waals surface area contributed by atoms with Crippen LogP contribution < -0.4 is 0 Å². The van der Waals surface area contributed by atoms with Crippen molar-refractivity contribution in [3.8, 4) is 5.69 Å². The van der Waals surface area contributed by atoms with Gasteiger partial charge in [0.25, 0.3) is 0 Å². The third-order valence-electron chi connectivity index (χ3n) is 3.02. The largest absolute Gasteiger partial charge is 0.287 e. The highest BCUT2D eigenvalue weighted by atomic mass is 79.9. The number of nitrogens with zero attached hydrogens (tertiary/aromatic N) is 2. The summed E-state index contributed by atoms with van der Waals surface area (Å²) >= 11 is 3.23. The first kappa shape index (κ1) is 13.7. The standard InChI is InChI=1S/C16H10BrFN2O/c17-11-6-7-14(18)13(10-11)16(21)15-8-9-20(19-15)12-4-2-1-3-5-12/h1-10H. The van der Waals surface area contributed by atoms with Gasteiger partial charge < -0.3 is 0 Å². The van der Waals surface area contributed by atoms with Crippen molar-refractivity contribution in [2.24, 2.45) is 0 Å². The Labute approximate surface area is 129 Å². The zero-order valence-electron chi connectivity index (χ0n) is 10.8. The molecule has 0 N–H and O–H groups in total. The van der Waals surface area contributed by atoms with Gasteiger partial charge in [0, 0.05) is 10.7 Å². The monoisotopic (exact) mass is 344 g/mol. The Morgan fingerprint density at radius 3 is 2.62 bits per heavy atom. The van der Waals surface area contributed by atoms with Crippen LogP contribution in [0, 0.1) is 5.82 Å². The molecule has 104 valence electrons. The van der Waals surface area contributed by atoms with Gasteiger partial charge in [0.1, 0.15) is 11.5 Å². The molecule has 0 aliphatic heterocycles. The number of carbonyl (C=O) groups is 1. The van der Waals surface area contributed by atoms with Crippen molar-refractivity contribution in [1.82, 2.24) is 9.78 Å². The molecule has 3 rings (SSSR count). The fourth-order valence-electron chi connectivity index (χ4n) is 1.98. The molecule has 0 bridgehead atoms. The van der Waals surface area contributed by atoms with E-state index in [0.717, 1.165) is 5.69 Å². The quantitative estimate of drug-likeness (QED) is 0.673. The molecule has 0 aliphatic rings. The van der Waals surface area contributed by atoms with Gasteiger partial charge in [-0.3, -0.25) is 4.79 Å². The SMILES string of the molecule is O=C(c1ccn(-c2ccccc2)n1)c1cc(Br)ccc1F. The van der Waals surface area contributed by atoms with Crippen LogP contribution in [0.5, 0.6) is 0 Å². The topological polar surface area (TPSA) is 34.9 Å². The van der Waals surface area contributed by atoms with E-state index in [4.69, 9.17) is 0 Å². The lowest BCUT2D eigenvalue weighted by atomic mass is 10.1. The van der Waals surface area contributed by atoms with Crippen molar-refractivity contribution in [1.29, 1.82) is 0 Å². The number of halogens is 2. The van der Waals surface area contributed by atoms with E-state index in [1.54, 1.807) is 23.0 Å². The summed E-state index contributed by atoms with van der Waals surface area (Å²) in [4.78, 5) is 12.3. The van der Waals surface area contributed by atoms with Gasteiger partial charge in [0.05, 0.1) is 11.3 Å². The highest BCUT2D eigenvalue weighted by molar-refractivity contribution is 9.10. The van der Waals surface area contributed by atoms with Gasteiger partial charge in [-0.25, -0.2) is 9.07 Å². The van der Waals surface area contributed by atoms with E-state index in [-0.39, 0.29) is 11.3 Å². The minimum atomic E-state index is -0.558. The number of aromatic nitrogens is 2. The first-order valence-electron chi connectivity index (χ1n) is 6.26. The number of carbonyl (C=O) groups excluding carboxylic acids is 1. The molecule has 2 aromatic carbocycles. The molecule has 0 radical (unpaired) electrons. The van der Waals surface area contributed by atoms with Crippen LogP contribution >= 0.6 is 15.9 Å². The Balaban J connectivity index is 1.96. The maximum atomic E-state index is 13.8.